The monoisotopic (exact) mass is 234 g/mol. The molecule has 0 radical (unpaired) electrons. The second-order valence-corrected chi connectivity index (χ2v) is 3.45. The molecule has 0 fully saturated rings. The van der Waals surface area contributed by atoms with Gasteiger partial charge in [-0.2, -0.15) is 0 Å². The molecule has 1 N–H and O–H groups in total. The minimum absolute atomic E-state index is 0.153. The lowest BCUT2D eigenvalue weighted by Crippen LogP contribution is -2.26. The summed E-state index contributed by atoms with van der Waals surface area (Å²) in [5, 5.41) is 8.56. The largest absolute Gasteiger partial charge is 0.478 e. The molecule has 1 heterocycles. The van der Waals surface area contributed by atoms with E-state index in [2.05, 4.69) is 4.98 Å². The third-order valence-electron chi connectivity index (χ3n) is 2.31. The van der Waals surface area contributed by atoms with Crippen molar-refractivity contribution in [2.24, 2.45) is 0 Å². The Labute approximate surface area is 99.4 Å². The fourth-order valence-corrected chi connectivity index (χ4v) is 1.24. The molecule has 5 heteroatoms. The van der Waals surface area contributed by atoms with E-state index < -0.39 is 5.97 Å². The number of amides is 1. The Morgan fingerprint density at radius 3 is 2.82 bits per heavy atom. The standard InChI is InChI=1S/C12H14N2O3/c1-3-14(2)12(17)10-6-7-13-8-9(10)4-5-11(15)16/h4-8H,3H2,1-2H3,(H,15,16). The summed E-state index contributed by atoms with van der Waals surface area (Å²) in [4.78, 5) is 27.8. The molecule has 1 aromatic heterocycles. The fourth-order valence-electron chi connectivity index (χ4n) is 1.24. The van der Waals surface area contributed by atoms with Gasteiger partial charge in [-0.1, -0.05) is 0 Å². The molecule has 5 nitrogen and oxygen atoms in total. The number of carboxylic acids is 1. The molecule has 0 aliphatic carbocycles. The van der Waals surface area contributed by atoms with Gasteiger partial charge in [-0.3, -0.25) is 9.78 Å². The lowest BCUT2D eigenvalue weighted by molar-refractivity contribution is -0.131. The Balaban J connectivity index is 3.07. The third-order valence-corrected chi connectivity index (χ3v) is 2.31. The van der Waals surface area contributed by atoms with Crippen LogP contribution in [0.3, 0.4) is 0 Å². The highest BCUT2D eigenvalue weighted by Gasteiger charge is 2.13. The Bertz CT molecular complexity index is 455. The lowest BCUT2D eigenvalue weighted by atomic mass is 10.1. The summed E-state index contributed by atoms with van der Waals surface area (Å²) in [5.74, 6) is -1.21. The summed E-state index contributed by atoms with van der Waals surface area (Å²) in [6.07, 6.45) is 5.33. The average molecular weight is 234 g/mol. The number of aliphatic carboxylic acids is 1. The first kappa shape index (κ1) is 12.9. The van der Waals surface area contributed by atoms with Gasteiger partial charge in [-0.25, -0.2) is 4.79 Å². The van der Waals surface area contributed by atoms with E-state index in [9.17, 15) is 9.59 Å². The highest BCUT2D eigenvalue weighted by Crippen LogP contribution is 2.11. The van der Waals surface area contributed by atoms with Gasteiger partial charge in [0.05, 0.1) is 0 Å². The Kier molecular flexibility index (Phi) is 4.39. The molecule has 0 aliphatic rings. The fraction of sp³-hybridized carbons (Fsp3) is 0.250. The van der Waals surface area contributed by atoms with Crippen LogP contribution < -0.4 is 0 Å². The molecule has 0 saturated heterocycles. The van der Waals surface area contributed by atoms with E-state index in [1.165, 1.54) is 18.5 Å². The molecule has 0 bridgehead atoms. The maximum Gasteiger partial charge on any atom is 0.328 e. The smallest absolute Gasteiger partial charge is 0.328 e. The maximum absolute atomic E-state index is 12.0. The van der Waals surface area contributed by atoms with Crippen molar-refractivity contribution in [3.05, 3.63) is 35.7 Å². The Morgan fingerprint density at radius 1 is 1.53 bits per heavy atom. The van der Waals surface area contributed by atoms with E-state index in [1.807, 2.05) is 6.92 Å². The number of hydrogen-bond donors (Lipinski definition) is 1. The van der Waals surface area contributed by atoms with Crippen LogP contribution in [0.25, 0.3) is 6.08 Å². The molecule has 17 heavy (non-hydrogen) atoms. The summed E-state index contributed by atoms with van der Waals surface area (Å²) in [7, 11) is 1.69. The van der Waals surface area contributed by atoms with E-state index in [-0.39, 0.29) is 5.91 Å². The lowest BCUT2D eigenvalue weighted by Gasteiger charge is -2.15. The van der Waals surface area contributed by atoms with Crippen LogP contribution in [0.2, 0.25) is 0 Å². The number of carbonyl (C=O) groups is 2. The molecule has 90 valence electrons. The van der Waals surface area contributed by atoms with Crippen molar-refractivity contribution in [3.63, 3.8) is 0 Å². The Hall–Kier alpha value is -2.17. The summed E-state index contributed by atoms with van der Waals surface area (Å²) in [5.41, 5.74) is 0.946. The molecule has 1 rings (SSSR count). The average Bonchev–Trinajstić information content (AvgIpc) is 2.34. The van der Waals surface area contributed by atoms with Crippen LogP contribution in [0.4, 0.5) is 0 Å². The zero-order chi connectivity index (χ0) is 12.8. The van der Waals surface area contributed by atoms with Gasteiger partial charge >= 0.3 is 5.97 Å². The molecule has 1 amide bonds. The normalized spacial score (nSPS) is 10.5. The quantitative estimate of drug-likeness (QED) is 0.796. The van der Waals surface area contributed by atoms with E-state index in [1.54, 1.807) is 18.0 Å². The molecular formula is C12H14N2O3. The van der Waals surface area contributed by atoms with Crippen LogP contribution in [-0.4, -0.2) is 40.5 Å². The number of rotatable bonds is 4. The minimum atomic E-state index is -1.06. The van der Waals surface area contributed by atoms with Crippen molar-refractivity contribution < 1.29 is 14.7 Å². The van der Waals surface area contributed by atoms with Gasteiger partial charge in [-0.15, -0.1) is 0 Å². The first-order chi connectivity index (χ1) is 8.06. The maximum atomic E-state index is 12.0. The van der Waals surface area contributed by atoms with Crippen molar-refractivity contribution in [1.29, 1.82) is 0 Å². The molecule has 0 unspecified atom stereocenters. The van der Waals surface area contributed by atoms with Crippen LogP contribution >= 0.6 is 0 Å². The van der Waals surface area contributed by atoms with Crippen molar-refractivity contribution in [1.82, 2.24) is 9.88 Å². The van der Waals surface area contributed by atoms with Crippen LogP contribution in [0.15, 0.2) is 24.5 Å². The Morgan fingerprint density at radius 2 is 2.24 bits per heavy atom. The number of carbonyl (C=O) groups excluding carboxylic acids is 1. The molecular weight excluding hydrogens is 220 g/mol. The van der Waals surface area contributed by atoms with E-state index >= 15 is 0 Å². The van der Waals surface area contributed by atoms with Crippen LogP contribution in [-0.2, 0) is 4.79 Å². The van der Waals surface area contributed by atoms with Gasteiger partial charge < -0.3 is 10.0 Å². The number of pyridine rings is 1. The predicted molar refractivity (Wildman–Crippen MR) is 63.5 cm³/mol. The summed E-state index contributed by atoms with van der Waals surface area (Å²) >= 11 is 0. The SMILES string of the molecule is CCN(C)C(=O)c1ccncc1C=CC(=O)O. The summed E-state index contributed by atoms with van der Waals surface area (Å²) in [6, 6.07) is 1.58. The van der Waals surface area contributed by atoms with E-state index in [0.717, 1.165) is 6.08 Å². The summed E-state index contributed by atoms with van der Waals surface area (Å²) < 4.78 is 0. The minimum Gasteiger partial charge on any atom is -0.478 e. The van der Waals surface area contributed by atoms with Gasteiger partial charge in [0.25, 0.3) is 5.91 Å². The topological polar surface area (TPSA) is 70.5 Å². The molecule has 0 spiro atoms. The van der Waals surface area contributed by atoms with Gasteiger partial charge in [-0.05, 0) is 19.1 Å². The third kappa shape index (κ3) is 3.41. The predicted octanol–water partition coefficient (Wildman–Crippen LogP) is 1.27. The van der Waals surface area contributed by atoms with Gasteiger partial charge in [0, 0.05) is 43.2 Å². The molecule has 1 aromatic rings. The highest BCUT2D eigenvalue weighted by molar-refractivity contribution is 5.98. The zero-order valence-corrected chi connectivity index (χ0v) is 9.75. The number of nitrogens with zero attached hydrogens (tertiary/aromatic N) is 2. The first-order valence-corrected chi connectivity index (χ1v) is 5.16. The molecule has 0 atom stereocenters. The van der Waals surface area contributed by atoms with Crippen molar-refractivity contribution in [2.45, 2.75) is 6.92 Å². The van der Waals surface area contributed by atoms with Crippen molar-refractivity contribution in [2.75, 3.05) is 13.6 Å². The van der Waals surface area contributed by atoms with Crippen LogP contribution in [0.1, 0.15) is 22.8 Å². The van der Waals surface area contributed by atoms with Crippen molar-refractivity contribution >= 4 is 18.0 Å². The number of aromatic nitrogens is 1. The number of carboxylic acid groups (broad SMARTS) is 1. The van der Waals surface area contributed by atoms with E-state index in [0.29, 0.717) is 17.7 Å². The van der Waals surface area contributed by atoms with Gasteiger partial charge in [0.15, 0.2) is 0 Å². The molecule has 0 saturated carbocycles. The highest BCUT2D eigenvalue weighted by atomic mass is 16.4. The van der Waals surface area contributed by atoms with Crippen molar-refractivity contribution in [3.8, 4) is 0 Å². The van der Waals surface area contributed by atoms with E-state index in [4.69, 9.17) is 5.11 Å². The zero-order valence-electron chi connectivity index (χ0n) is 9.75. The van der Waals surface area contributed by atoms with Gasteiger partial charge in [0.2, 0.25) is 0 Å². The van der Waals surface area contributed by atoms with Crippen LogP contribution in [0.5, 0.6) is 0 Å². The molecule has 0 aliphatic heterocycles. The molecule has 0 aromatic carbocycles. The second kappa shape index (κ2) is 5.79. The van der Waals surface area contributed by atoms with Crippen LogP contribution in [0, 0.1) is 0 Å². The second-order valence-electron chi connectivity index (χ2n) is 3.45. The van der Waals surface area contributed by atoms with Gasteiger partial charge in [0.1, 0.15) is 0 Å². The number of hydrogen-bond acceptors (Lipinski definition) is 3. The summed E-state index contributed by atoms with van der Waals surface area (Å²) in [6.45, 7) is 2.45. The first-order valence-electron chi connectivity index (χ1n) is 5.16.